The van der Waals surface area contributed by atoms with Gasteiger partial charge in [0.25, 0.3) is 0 Å². The number of benzene rings is 1. The van der Waals surface area contributed by atoms with Gasteiger partial charge in [0.05, 0.1) is 8.07 Å². The molecule has 0 fully saturated rings. The second-order valence-electron chi connectivity index (χ2n) is 6.66. The molecule has 1 aromatic carbocycles. The molecule has 0 unspecified atom stereocenters. The van der Waals surface area contributed by atoms with Crippen LogP contribution in [-0.2, 0) is 6.54 Å². The van der Waals surface area contributed by atoms with Crippen LogP contribution in [0.4, 0.5) is 0 Å². The van der Waals surface area contributed by atoms with Gasteiger partial charge in [-0.3, -0.25) is 0 Å². The van der Waals surface area contributed by atoms with Gasteiger partial charge in [-0.25, -0.2) is 0 Å². The third kappa shape index (κ3) is 4.92. The fourth-order valence-electron chi connectivity index (χ4n) is 1.83. The van der Waals surface area contributed by atoms with E-state index in [1.54, 1.807) is 0 Å². The molecule has 0 radical (unpaired) electrons. The first kappa shape index (κ1) is 15.4. The molecule has 0 aliphatic rings. The Kier molecular flexibility index (Phi) is 5.14. The highest BCUT2D eigenvalue weighted by Crippen LogP contribution is 2.10. The first-order chi connectivity index (χ1) is 8.24. The van der Waals surface area contributed by atoms with E-state index in [4.69, 9.17) is 5.11 Å². The predicted molar refractivity (Wildman–Crippen MR) is 82.0 cm³/mol. The lowest BCUT2D eigenvalue weighted by atomic mass is 10.0. The SMILES string of the molecule is CC(C)(CCO)NCc1ccc([Si](C)(C)C)cc1. The molecule has 0 aromatic heterocycles. The van der Waals surface area contributed by atoms with Gasteiger partial charge < -0.3 is 10.4 Å². The predicted octanol–water partition coefficient (Wildman–Crippen LogP) is 2.48. The lowest BCUT2D eigenvalue weighted by Gasteiger charge is -2.25. The Balaban J connectivity index is 2.60. The van der Waals surface area contributed by atoms with Gasteiger partial charge in [-0.15, -0.1) is 0 Å². The lowest BCUT2D eigenvalue weighted by molar-refractivity contribution is 0.230. The third-order valence-corrected chi connectivity index (χ3v) is 5.39. The van der Waals surface area contributed by atoms with Gasteiger partial charge in [-0.05, 0) is 25.8 Å². The standard InChI is InChI=1S/C15H27NOSi/c1-15(2,10-11-17)16-12-13-6-8-14(9-7-13)18(3,4)5/h6-9,16-17H,10-12H2,1-5H3. The van der Waals surface area contributed by atoms with E-state index in [0.29, 0.717) is 0 Å². The highest BCUT2D eigenvalue weighted by molar-refractivity contribution is 6.88. The monoisotopic (exact) mass is 265 g/mol. The topological polar surface area (TPSA) is 32.3 Å². The van der Waals surface area contributed by atoms with Crippen LogP contribution in [0.1, 0.15) is 25.8 Å². The van der Waals surface area contributed by atoms with E-state index in [1.165, 1.54) is 10.8 Å². The molecule has 0 atom stereocenters. The molecule has 0 bridgehead atoms. The van der Waals surface area contributed by atoms with Gasteiger partial charge in [-0.1, -0.05) is 49.1 Å². The number of hydrogen-bond donors (Lipinski definition) is 2. The van der Waals surface area contributed by atoms with Crippen molar-refractivity contribution in [2.24, 2.45) is 0 Å². The van der Waals surface area contributed by atoms with Gasteiger partial charge in [0.15, 0.2) is 0 Å². The molecule has 0 aliphatic carbocycles. The minimum absolute atomic E-state index is 0.00774. The van der Waals surface area contributed by atoms with Crippen molar-refractivity contribution in [1.82, 2.24) is 5.32 Å². The Morgan fingerprint density at radius 3 is 2.11 bits per heavy atom. The van der Waals surface area contributed by atoms with E-state index in [0.717, 1.165) is 13.0 Å². The lowest BCUT2D eigenvalue weighted by Crippen LogP contribution is -2.40. The van der Waals surface area contributed by atoms with Crippen molar-refractivity contribution in [3.63, 3.8) is 0 Å². The fraction of sp³-hybridized carbons (Fsp3) is 0.600. The molecular formula is C15H27NOSi. The van der Waals surface area contributed by atoms with Gasteiger partial charge in [0.1, 0.15) is 0 Å². The number of hydrogen-bond acceptors (Lipinski definition) is 2. The van der Waals surface area contributed by atoms with Crippen molar-refractivity contribution < 1.29 is 5.11 Å². The second kappa shape index (κ2) is 6.00. The van der Waals surface area contributed by atoms with Crippen LogP contribution in [0, 0.1) is 0 Å². The average Bonchev–Trinajstić information content (AvgIpc) is 2.26. The quantitative estimate of drug-likeness (QED) is 0.775. The summed E-state index contributed by atoms with van der Waals surface area (Å²) in [5.41, 5.74) is 1.30. The molecule has 3 heteroatoms. The Hall–Kier alpha value is -0.643. The summed E-state index contributed by atoms with van der Waals surface area (Å²) < 4.78 is 0. The van der Waals surface area contributed by atoms with Crippen molar-refractivity contribution in [3.05, 3.63) is 29.8 Å². The van der Waals surface area contributed by atoms with Crippen molar-refractivity contribution in [2.45, 2.75) is 52.0 Å². The maximum Gasteiger partial charge on any atom is 0.0775 e. The van der Waals surface area contributed by atoms with Gasteiger partial charge in [0.2, 0.25) is 0 Å². The van der Waals surface area contributed by atoms with Crippen molar-refractivity contribution in [3.8, 4) is 0 Å². The Morgan fingerprint density at radius 1 is 1.11 bits per heavy atom. The highest BCUT2D eigenvalue weighted by Gasteiger charge is 2.17. The summed E-state index contributed by atoms with van der Waals surface area (Å²) in [6.45, 7) is 12.4. The minimum atomic E-state index is -1.18. The molecule has 18 heavy (non-hydrogen) atoms. The van der Waals surface area contributed by atoms with Crippen LogP contribution in [0.15, 0.2) is 24.3 Å². The summed E-state index contributed by atoms with van der Waals surface area (Å²) in [6.07, 6.45) is 0.778. The van der Waals surface area contributed by atoms with Crippen molar-refractivity contribution in [2.75, 3.05) is 6.61 Å². The molecule has 2 nitrogen and oxygen atoms in total. The number of aliphatic hydroxyl groups excluding tert-OH is 1. The molecule has 2 N–H and O–H groups in total. The minimum Gasteiger partial charge on any atom is -0.396 e. The maximum absolute atomic E-state index is 8.99. The number of rotatable bonds is 6. The van der Waals surface area contributed by atoms with Crippen LogP contribution in [0.3, 0.4) is 0 Å². The number of nitrogens with one attached hydrogen (secondary N) is 1. The third-order valence-electron chi connectivity index (χ3n) is 3.33. The summed E-state index contributed by atoms with van der Waals surface area (Å²) >= 11 is 0. The Bertz CT molecular complexity index is 365. The van der Waals surface area contributed by atoms with Crippen LogP contribution >= 0.6 is 0 Å². The largest absolute Gasteiger partial charge is 0.396 e. The number of aliphatic hydroxyl groups is 1. The molecule has 0 saturated carbocycles. The zero-order valence-electron chi connectivity index (χ0n) is 12.4. The van der Waals surface area contributed by atoms with E-state index in [9.17, 15) is 0 Å². The Morgan fingerprint density at radius 2 is 1.67 bits per heavy atom. The van der Waals surface area contributed by atoms with Crippen LogP contribution < -0.4 is 10.5 Å². The van der Waals surface area contributed by atoms with Gasteiger partial charge in [-0.2, -0.15) is 0 Å². The van der Waals surface area contributed by atoms with Crippen LogP contribution in [-0.4, -0.2) is 25.3 Å². The van der Waals surface area contributed by atoms with Crippen LogP contribution in [0.2, 0.25) is 19.6 Å². The van der Waals surface area contributed by atoms with Crippen molar-refractivity contribution >= 4 is 13.3 Å². The summed E-state index contributed by atoms with van der Waals surface area (Å²) in [6, 6.07) is 8.97. The van der Waals surface area contributed by atoms with Gasteiger partial charge >= 0.3 is 0 Å². The summed E-state index contributed by atoms with van der Waals surface area (Å²) in [5, 5.41) is 14.0. The van der Waals surface area contributed by atoms with E-state index in [2.05, 4.69) is 63.1 Å². The summed E-state index contributed by atoms with van der Waals surface area (Å²) in [7, 11) is -1.18. The zero-order chi connectivity index (χ0) is 13.8. The maximum atomic E-state index is 8.99. The molecular weight excluding hydrogens is 238 g/mol. The zero-order valence-corrected chi connectivity index (χ0v) is 13.4. The van der Waals surface area contributed by atoms with E-state index >= 15 is 0 Å². The van der Waals surface area contributed by atoms with Crippen LogP contribution in [0.5, 0.6) is 0 Å². The first-order valence-corrected chi connectivity index (χ1v) is 10.2. The molecule has 0 amide bonds. The fourth-order valence-corrected chi connectivity index (χ4v) is 3.00. The molecule has 0 heterocycles. The van der Waals surface area contributed by atoms with Crippen LogP contribution in [0.25, 0.3) is 0 Å². The Labute approximate surface area is 112 Å². The summed E-state index contributed by atoms with van der Waals surface area (Å²) in [5.74, 6) is 0. The van der Waals surface area contributed by atoms with E-state index in [-0.39, 0.29) is 12.1 Å². The normalized spacial score (nSPS) is 12.8. The molecule has 1 rings (SSSR count). The molecule has 0 aliphatic heterocycles. The molecule has 102 valence electrons. The van der Waals surface area contributed by atoms with Gasteiger partial charge in [0, 0.05) is 18.7 Å². The molecule has 0 saturated heterocycles. The highest BCUT2D eigenvalue weighted by atomic mass is 28.3. The summed E-state index contributed by atoms with van der Waals surface area (Å²) in [4.78, 5) is 0. The molecule has 0 spiro atoms. The molecule has 1 aromatic rings. The van der Waals surface area contributed by atoms with Crippen molar-refractivity contribution in [1.29, 1.82) is 0 Å². The average molecular weight is 265 g/mol. The van der Waals surface area contributed by atoms with E-state index in [1.807, 2.05) is 0 Å². The first-order valence-electron chi connectivity index (χ1n) is 6.70. The smallest absolute Gasteiger partial charge is 0.0775 e. The van der Waals surface area contributed by atoms with E-state index < -0.39 is 8.07 Å². The second-order valence-corrected chi connectivity index (χ2v) is 11.7.